The minimum atomic E-state index is -4.14. The van der Waals surface area contributed by atoms with E-state index in [-0.39, 0.29) is 42.3 Å². The molecule has 11 heteroatoms. The zero-order chi connectivity index (χ0) is 24.5. The van der Waals surface area contributed by atoms with Gasteiger partial charge in [-0.3, -0.25) is 24.0 Å². The largest absolute Gasteiger partial charge is 0.326 e. The predicted molar refractivity (Wildman–Crippen MR) is 119 cm³/mol. The molecule has 2 aromatic rings. The quantitative estimate of drug-likeness (QED) is 0.578. The average molecular weight is 492 g/mol. The first-order valence-corrected chi connectivity index (χ1v) is 12.4. The SMILES string of the molecule is O=C(CCN1C(=O)C2CCCCC2C1=O)Nc1ccc(NS(=O)(=O)c2ccc(F)c(F)c2)cc1. The van der Waals surface area contributed by atoms with Crippen LogP contribution in [0.5, 0.6) is 0 Å². The molecule has 180 valence electrons. The summed E-state index contributed by atoms with van der Waals surface area (Å²) in [4.78, 5) is 38.0. The zero-order valence-electron chi connectivity index (χ0n) is 18.1. The Kier molecular flexibility index (Phi) is 6.65. The molecule has 2 aliphatic rings. The summed E-state index contributed by atoms with van der Waals surface area (Å²) in [7, 11) is -4.14. The van der Waals surface area contributed by atoms with Crippen molar-refractivity contribution in [3.63, 3.8) is 0 Å². The van der Waals surface area contributed by atoms with Gasteiger partial charge in [0.05, 0.1) is 16.7 Å². The number of anilines is 2. The van der Waals surface area contributed by atoms with Crippen LogP contribution in [0.4, 0.5) is 20.2 Å². The standard InChI is InChI=1S/C23H23F2N3O5S/c24-19-10-9-16(13-20(19)25)34(32,33)27-15-7-5-14(6-8-15)26-21(29)11-12-28-22(30)17-3-1-2-4-18(17)23(28)31/h5-10,13,17-18,27H,1-4,11-12H2,(H,26,29). The van der Waals surface area contributed by atoms with Crippen LogP contribution in [-0.2, 0) is 24.4 Å². The van der Waals surface area contributed by atoms with Gasteiger partial charge < -0.3 is 5.32 Å². The molecule has 0 spiro atoms. The van der Waals surface area contributed by atoms with Crippen molar-refractivity contribution in [1.82, 2.24) is 4.90 Å². The van der Waals surface area contributed by atoms with Gasteiger partial charge in [-0.25, -0.2) is 17.2 Å². The lowest BCUT2D eigenvalue weighted by molar-refractivity contribution is -0.140. The van der Waals surface area contributed by atoms with Crippen LogP contribution >= 0.6 is 0 Å². The molecule has 0 radical (unpaired) electrons. The van der Waals surface area contributed by atoms with Crippen LogP contribution in [0.1, 0.15) is 32.1 Å². The number of hydrogen-bond donors (Lipinski definition) is 2. The first-order valence-electron chi connectivity index (χ1n) is 10.9. The zero-order valence-corrected chi connectivity index (χ0v) is 18.9. The third-order valence-electron chi connectivity index (χ3n) is 6.12. The molecule has 2 unspecified atom stereocenters. The molecule has 2 aromatic carbocycles. The highest BCUT2D eigenvalue weighted by Crippen LogP contribution is 2.38. The van der Waals surface area contributed by atoms with Gasteiger partial charge in [0.1, 0.15) is 0 Å². The third kappa shape index (κ3) is 4.93. The summed E-state index contributed by atoms with van der Waals surface area (Å²) in [5, 5.41) is 2.64. The van der Waals surface area contributed by atoms with Crippen LogP contribution in [-0.4, -0.2) is 37.6 Å². The predicted octanol–water partition coefficient (Wildman–Crippen LogP) is 3.27. The van der Waals surface area contributed by atoms with Crippen LogP contribution in [0.15, 0.2) is 47.4 Å². The maximum atomic E-state index is 13.4. The molecular weight excluding hydrogens is 468 g/mol. The van der Waals surface area contributed by atoms with E-state index in [4.69, 9.17) is 0 Å². The fraction of sp³-hybridized carbons (Fsp3) is 0.348. The Morgan fingerprint density at radius 3 is 2.09 bits per heavy atom. The van der Waals surface area contributed by atoms with Crippen molar-refractivity contribution in [3.05, 3.63) is 54.1 Å². The van der Waals surface area contributed by atoms with E-state index in [2.05, 4.69) is 10.0 Å². The average Bonchev–Trinajstić information content (AvgIpc) is 3.05. The van der Waals surface area contributed by atoms with Crippen LogP contribution in [0, 0.1) is 23.5 Å². The molecular formula is C23H23F2N3O5S. The topological polar surface area (TPSA) is 113 Å². The second-order valence-corrected chi connectivity index (χ2v) is 10.1. The van der Waals surface area contributed by atoms with Gasteiger partial charge in [0, 0.05) is 24.3 Å². The summed E-state index contributed by atoms with van der Waals surface area (Å²) in [5.41, 5.74) is 0.534. The molecule has 1 saturated heterocycles. The normalized spacial score (nSPS) is 20.2. The number of halogens is 2. The van der Waals surface area contributed by atoms with Crippen molar-refractivity contribution in [1.29, 1.82) is 0 Å². The van der Waals surface area contributed by atoms with Gasteiger partial charge in [0.25, 0.3) is 10.0 Å². The van der Waals surface area contributed by atoms with E-state index in [1.807, 2.05) is 0 Å². The van der Waals surface area contributed by atoms with E-state index < -0.39 is 32.5 Å². The van der Waals surface area contributed by atoms with Gasteiger partial charge in [-0.1, -0.05) is 12.8 Å². The summed E-state index contributed by atoms with van der Waals surface area (Å²) in [5.74, 6) is -3.74. The third-order valence-corrected chi connectivity index (χ3v) is 7.50. The number of imide groups is 1. The fourth-order valence-corrected chi connectivity index (χ4v) is 5.44. The molecule has 2 N–H and O–H groups in total. The number of carbonyl (C=O) groups is 3. The number of nitrogens with one attached hydrogen (secondary N) is 2. The number of rotatable bonds is 7. The fourth-order valence-electron chi connectivity index (χ4n) is 4.37. The summed E-state index contributed by atoms with van der Waals surface area (Å²) < 4.78 is 53.4. The molecule has 1 aliphatic heterocycles. The van der Waals surface area contributed by atoms with E-state index in [0.717, 1.165) is 25.0 Å². The Hall–Kier alpha value is -3.34. The number of sulfonamides is 1. The van der Waals surface area contributed by atoms with Crippen molar-refractivity contribution >= 4 is 39.1 Å². The van der Waals surface area contributed by atoms with Crippen LogP contribution in [0.25, 0.3) is 0 Å². The molecule has 3 amide bonds. The van der Waals surface area contributed by atoms with Crippen LogP contribution in [0.2, 0.25) is 0 Å². The summed E-state index contributed by atoms with van der Waals surface area (Å²) >= 11 is 0. The van der Waals surface area contributed by atoms with E-state index in [1.165, 1.54) is 29.2 Å². The highest BCUT2D eigenvalue weighted by Gasteiger charge is 2.47. The lowest BCUT2D eigenvalue weighted by atomic mass is 9.81. The minimum absolute atomic E-state index is 0.0165. The second kappa shape index (κ2) is 9.49. The molecule has 34 heavy (non-hydrogen) atoms. The van der Waals surface area contributed by atoms with Gasteiger partial charge >= 0.3 is 0 Å². The summed E-state index contributed by atoms with van der Waals surface area (Å²) in [6.07, 6.45) is 3.23. The first-order chi connectivity index (χ1) is 16.2. The van der Waals surface area contributed by atoms with E-state index in [0.29, 0.717) is 24.6 Å². The van der Waals surface area contributed by atoms with Gasteiger partial charge in [0.2, 0.25) is 17.7 Å². The minimum Gasteiger partial charge on any atom is -0.326 e. The summed E-state index contributed by atoms with van der Waals surface area (Å²) in [6, 6.07) is 7.96. The summed E-state index contributed by atoms with van der Waals surface area (Å²) in [6.45, 7) is 0.0165. The smallest absolute Gasteiger partial charge is 0.261 e. The molecule has 0 aromatic heterocycles. The number of nitrogens with zero attached hydrogens (tertiary/aromatic N) is 1. The lowest BCUT2D eigenvalue weighted by Gasteiger charge is -2.19. The number of fused-ring (bicyclic) bond motifs is 1. The molecule has 2 fully saturated rings. The van der Waals surface area contributed by atoms with Crippen molar-refractivity contribution < 1.29 is 31.6 Å². The van der Waals surface area contributed by atoms with Crippen molar-refractivity contribution in [2.24, 2.45) is 11.8 Å². The molecule has 2 atom stereocenters. The Labute approximate surface area is 195 Å². The highest BCUT2D eigenvalue weighted by molar-refractivity contribution is 7.92. The van der Waals surface area contributed by atoms with E-state index in [9.17, 15) is 31.6 Å². The number of likely N-dealkylation sites (tertiary alicyclic amines) is 1. The van der Waals surface area contributed by atoms with Crippen molar-refractivity contribution in [2.45, 2.75) is 37.0 Å². The van der Waals surface area contributed by atoms with Crippen molar-refractivity contribution in [2.75, 3.05) is 16.6 Å². The molecule has 0 bridgehead atoms. The Bertz CT molecular complexity index is 1210. The Morgan fingerprint density at radius 2 is 1.50 bits per heavy atom. The molecule has 8 nitrogen and oxygen atoms in total. The monoisotopic (exact) mass is 491 g/mol. The lowest BCUT2D eigenvalue weighted by Crippen LogP contribution is -2.34. The van der Waals surface area contributed by atoms with Crippen LogP contribution in [0.3, 0.4) is 0 Å². The number of amides is 3. The Balaban J connectivity index is 1.32. The van der Waals surface area contributed by atoms with Crippen LogP contribution < -0.4 is 10.0 Å². The van der Waals surface area contributed by atoms with Gasteiger partial charge in [-0.15, -0.1) is 0 Å². The molecule has 1 saturated carbocycles. The van der Waals surface area contributed by atoms with Crippen molar-refractivity contribution in [3.8, 4) is 0 Å². The maximum absolute atomic E-state index is 13.4. The Morgan fingerprint density at radius 1 is 0.912 bits per heavy atom. The van der Waals surface area contributed by atoms with Gasteiger partial charge in [-0.05, 0) is 55.3 Å². The van der Waals surface area contributed by atoms with Gasteiger partial charge in [-0.2, -0.15) is 0 Å². The highest BCUT2D eigenvalue weighted by atomic mass is 32.2. The van der Waals surface area contributed by atoms with E-state index in [1.54, 1.807) is 0 Å². The van der Waals surface area contributed by atoms with Gasteiger partial charge in [0.15, 0.2) is 11.6 Å². The molecule has 1 heterocycles. The second-order valence-electron chi connectivity index (χ2n) is 8.38. The first kappa shape index (κ1) is 23.8. The maximum Gasteiger partial charge on any atom is 0.261 e. The molecule has 1 aliphatic carbocycles. The number of carbonyl (C=O) groups excluding carboxylic acids is 3. The number of benzene rings is 2. The van der Waals surface area contributed by atoms with E-state index >= 15 is 0 Å². The molecule has 4 rings (SSSR count). The number of hydrogen-bond acceptors (Lipinski definition) is 5.